The lowest BCUT2D eigenvalue weighted by Crippen LogP contribution is -2.27. The van der Waals surface area contributed by atoms with Crippen LogP contribution in [0, 0.1) is 5.92 Å². The van der Waals surface area contributed by atoms with E-state index in [1.807, 2.05) is 6.07 Å². The lowest BCUT2D eigenvalue weighted by Gasteiger charge is -2.17. The number of sulfonamides is 1. The molecule has 0 unspecified atom stereocenters. The molecule has 1 aromatic carbocycles. The average molecular weight is 320 g/mol. The Balaban J connectivity index is 1.77. The minimum Gasteiger partial charge on any atom is -0.326 e. The Hall–Kier alpha value is -1.82. The number of nitrogens with one attached hydrogen (secondary N) is 1. The highest BCUT2D eigenvalue weighted by Crippen LogP contribution is 2.35. The van der Waals surface area contributed by atoms with Crippen LogP contribution in [0.1, 0.15) is 24.8 Å². The van der Waals surface area contributed by atoms with Crippen molar-refractivity contribution < 1.29 is 13.2 Å². The van der Waals surface area contributed by atoms with E-state index in [1.54, 1.807) is 12.1 Å². The van der Waals surface area contributed by atoms with E-state index in [1.165, 1.54) is 10.6 Å². The van der Waals surface area contributed by atoms with Crippen molar-refractivity contribution in [3.05, 3.63) is 35.9 Å². The lowest BCUT2D eigenvalue weighted by molar-refractivity contribution is -0.116. The summed E-state index contributed by atoms with van der Waals surface area (Å²) < 4.78 is 25.0. The number of fused-ring (bicyclic) bond motifs is 1. The van der Waals surface area contributed by atoms with Crippen LogP contribution < -0.4 is 9.62 Å². The fourth-order valence-electron chi connectivity index (χ4n) is 3.17. The summed E-state index contributed by atoms with van der Waals surface area (Å²) in [5, 5.41) is 2.95. The molecule has 5 nitrogen and oxygen atoms in total. The van der Waals surface area contributed by atoms with Crippen LogP contribution in [0.15, 0.2) is 30.4 Å². The number of nitrogens with zero attached hydrogens (tertiary/aromatic N) is 1. The lowest BCUT2D eigenvalue weighted by atomic mass is 10.0. The van der Waals surface area contributed by atoms with Gasteiger partial charge in [0.2, 0.25) is 15.9 Å². The predicted octanol–water partition coefficient (Wildman–Crippen LogP) is 2.30. The van der Waals surface area contributed by atoms with Crippen LogP contribution >= 0.6 is 0 Å². The first-order valence-electron chi connectivity index (χ1n) is 7.51. The minimum absolute atomic E-state index is 0.0113. The second-order valence-corrected chi connectivity index (χ2v) is 7.81. The zero-order chi connectivity index (χ0) is 15.7. The number of anilines is 2. The highest BCUT2D eigenvalue weighted by atomic mass is 32.2. The molecule has 0 fully saturated rings. The highest BCUT2D eigenvalue weighted by Gasteiger charge is 2.28. The smallest absolute Gasteiger partial charge is 0.232 e. The van der Waals surface area contributed by atoms with Crippen LogP contribution in [0.25, 0.3) is 0 Å². The largest absolute Gasteiger partial charge is 0.326 e. The Labute approximate surface area is 131 Å². The van der Waals surface area contributed by atoms with E-state index in [4.69, 9.17) is 0 Å². The first-order valence-corrected chi connectivity index (χ1v) is 9.36. The van der Waals surface area contributed by atoms with Gasteiger partial charge in [0.25, 0.3) is 0 Å². The van der Waals surface area contributed by atoms with E-state index < -0.39 is 10.0 Å². The number of amides is 1. The van der Waals surface area contributed by atoms with E-state index in [0.717, 1.165) is 24.1 Å². The van der Waals surface area contributed by atoms with Gasteiger partial charge in [-0.25, -0.2) is 8.42 Å². The molecular formula is C16H20N2O3S. The van der Waals surface area contributed by atoms with Crippen molar-refractivity contribution in [2.24, 2.45) is 5.92 Å². The maximum Gasteiger partial charge on any atom is 0.232 e. The van der Waals surface area contributed by atoms with Crippen molar-refractivity contribution in [2.75, 3.05) is 22.4 Å². The number of allylic oxidation sites excluding steroid dienone is 2. The summed E-state index contributed by atoms with van der Waals surface area (Å²) in [5.74, 6) is 0.312. The highest BCUT2D eigenvalue weighted by molar-refractivity contribution is 7.92. The van der Waals surface area contributed by atoms with Crippen molar-refractivity contribution in [3.8, 4) is 0 Å². The first-order chi connectivity index (χ1) is 10.4. The number of rotatable bonds is 4. The molecule has 1 heterocycles. The first kappa shape index (κ1) is 15.1. The normalized spacial score (nSPS) is 20.2. The van der Waals surface area contributed by atoms with Crippen LogP contribution in [0.4, 0.5) is 11.4 Å². The number of hydrogen-bond donors (Lipinski definition) is 1. The SMILES string of the molecule is CS(=O)(=O)N1CCc2c(NC(=O)C[C@H]3C=CCC3)cccc21. The molecule has 1 aliphatic heterocycles. The van der Waals surface area contributed by atoms with Crippen LogP contribution in [0.3, 0.4) is 0 Å². The van der Waals surface area contributed by atoms with Crippen LogP contribution in [0.2, 0.25) is 0 Å². The van der Waals surface area contributed by atoms with Crippen molar-refractivity contribution in [2.45, 2.75) is 25.7 Å². The molecule has 0 saturated carbocycles. The van der Waals surface area contributed by atoms with E-state index in [-0.39, 0.29) is 5.91 Å². The summed E-state index contributed by atoms with van der Waals surface area (Å²) in [5.41, 5.74) is 2.32. The Kier molecular flexibility index (Phi) is 3.95. The predicted molar refractivity (Wildman–Crippen MR) is 87.4 cm³/mol. The molecule has 0 spiro atoms. The van der Waals surface area contributed by atoms with Gasteiger partial charge in [0.15, 0.2) is 0 Å². The molecule has 1 amide bonds. The van der Waals surface area contributed by atoms with E-state index in [0.29, 0.717) is 31.0 Å². The summed E-state index contributed by atoms with van der Waals surface area (Å²) in [6.07, 6.45) is 8.60. The standard InChI is InChI=1S/C16H20N2O3S/c1-22(20,21)18-10-9-13-14(7-4-8-15(13)18)17-16(19)11-12-5-2-3-6-12/h2,4-5,7-8,12H,3,6,9-11H2,1H3,(H,17,19)/t12-/m0/s1. The van der Waals surface area contributed by atoms with Crippen molar-refractivity contribution in [1.82, 2.24) is 0 Å². The quantitative estimate of drug-likeness (QED) is 0.866. The maximum atomic E-state index is 12.2. The third-order valence-corrected chi connectivity index (χ3v) is 5.40. The van der Waals surface area contributed by atoms with Gasteiger partial charge in [-0.2, -0.15) is 0 Å². The second-order valence-electron chi connectivity index (χ2n) is 5.91. The molecule has 0 saturated heterocycles. The number of carbonyl (C=O) groups is 1. The third kappa shape index (κ3) is 3.02. The van der Waals surface area contributed by atoms with Crippen molar-refractivity contribution in [1.29, 1.82) is 0 Å². The third-order valence-electron chi connectivity index (χ3n) is 4.22. The molecule has 1 aromatic rings. The monoisotopic (exact) mass is 320 g/mol. The molecule has 6 heteroatoms. The van der Waals surface area contributed by atoms with Gasteiger partial charge in [-0.05, 0) is 37.3 Å². The molecule has 3 rings (SSSR count). The maximum absolute atomic E-state index is 12.2. The van der Waals surface area contributed by atoms with Gasteiger partial charge in [0.05, 0.1) is 11.9 Å². The Morgan fingerprint density at radius 3 is 2.91 bits per heavy atom. The van der Waals surface area contributed by atoms with E-state index >= 15 is 0 Å². The molecule has 1 N–H and O–H groups in total. The number of hydrogen-bond acceptors (Lipinski definition) is 3. The zero-order valence-corrected chi connectivity index (χ0v) is 13.4. The van der Waals surface area contributed by atoms with E-state index in [2.05, 4.69) is 17.5 Å². The molecule has 1 atom stereocenters. The zero-order valence-electron chi connectivity index (χ0n) is 12.6. The molecule has 0 radical (unpaired) electrons. The van der Waals surface area contributed by atoms with E-state index in [9.17, 15) is 13.2 Å². The summed E-state index contributed by atoms with van der Waals surface area (Å²) in [6.45, 7) is 0.437. The average Bonchev–Trinajstić information content (AvgIpc) is 3.06. The molecule has 2 aliphatic rings. The van der Waals surface area contributed by atoms with Gasteiger partial charge in [-0.15, -0.1) is 0 Å². The fraction of sp³-hybridized carbons (Fsp3) is 0.438. The molecule has 1 aliphatic carbocycles. The number of benzene rings is 1. The summed E-state index contributed by atoms with van der Waals surface area (Å²) >= 11 is 0. The van der Waals surface area contributed by atoms with Gasteiger partial charge in [-0.3, -0.25) is 9.10 Å². The fourth-order valence-corrected chi connectivity index (χ4v) is 4.12. The van der Waals surface area contributed by atoms with Gasteiger partial charge >= 0.3 is 0 Å². The number of carbonyl (C=O) groups excluding carboxylic acids is 1. The van der Waals surface area contributed by atoms with Gasteiger partial charge in [-0.1, -0.05) is 18.2 Å². The van der Waals surface area contributed by atoms with Crippen LogP contribution in [-0.2, 0) is 21.2 Å². The molecule has 118 valence electrons. The summed E-state index contributed by atoms with van der Waals surface area (Å²) in [4.78, 5) is 12.2. The molecule has 0 bridgehead atoms. The van der Waals surface area contributed by atoms with Crippen molar-refractivity contribution in [3.63, 3.8) is 0 Å². The van der Waals surface area contributed by atoms with Gasteiger partial charge in [0, 0.05) is 24.2 Å². The molecular weight excluding hydrogens is 300 g/mol. The van der Waals surface area contributed by atoms with Crippen LogP contribution in [-0.4, -0.2) is 27.1 Å². The molecule has 0 aromatic heterocycles. The Bertz CT molecular complexity index is 725. The van der Waals surface area contributed by atoms with Crippen LogP contribution in [0.5, 0.6) is 0 Å². The second kappa shape index (κ2) is 5.76. The Morgan fingerprint density at radius 1 is 1.41 bits per heavy atom. The summed E-state index contributed by atoms with van der Waals surface area (Å²) in [6, 6.07) is 5.42. The topological polar surface area (TPSA) is 66.5 Å². The Morgan fingerprint density at radius 2 is 2.23 bits per heavy atom. The minimum atomic E-state index is -3.27. The van der Waals surface area contributed by atoms with Gasteiger partial charge < -0.3 is 5.32 Å². The van der Waals surface area contributed by atoms with Gasteiger partial charge in [0.1, 0.15) is 0 Å². The summed E-state index contributed by atoms with van der Waals surface area (Å²) in [7, 11) is -3.27. The molecule has 22 heavy (non-hydrogen) atoms. The van der Waals surface area contributed by atoms with Crippen molar-refractivity contribution >= 4 is 27.3 Å².